The lowest BCUT2D eigenvalue weighted by atomic mass is 9.78. The molecule has 1 heteroatoms. The number of rotatable bonds is 10. The highest BCUT2D eigenvalue weighted by atomic mass is 19.1. The third-order valence-corrected chi connectivity index (χ3v) is 6.87. The van der Waals surface area contributed by atoms with Crippen LogP contribution in [0.1, 0.15) is 89.2 Å². The van der Waals surface area contributed by atoms with E-state index in [0.29, 0.717) is 0 Å². The van der Waals surface area contributed by atoms with E-state index in [1.54, 1.807) is 6.07 Å². The van der Waals surface area contributed by atoms with Crippen LogP contribution in [0.5, 0.6) is 0 Å². The van der Waals surface area contributed by atoms with Gasteiger partial charge < -0.3 is 0 Å². The Hall–Kier alpha value is -1.63. The molecular weight excluding hydrogens is 355 g/mol. The Morgan fingerprint density at radius 3 is 2.00 bits per heavy atom. The van der Waals surface area contributed by atoms with E-state index in [2.05, 4.69) is 44.2 Å². The molecule has 2 aromatic carbocycles. The molecule has 1 aliphatic rings. The standard InChI is InChI=1S/C28H39F/c1-3-5-6-8-23-15-18-26(19-16-23)27-20-17-25(21-28(27)29)14-13-24-11-9-22(7-4-2)10-12-24/h15-22,24H,3-14H2,1-2H3. The van der Waals surface area contributed by atoms with Crippen molar-refractivity contribution >= 4 is 0 Å². The minimum absolute atomic E-state index is 0.0760. The summed E-state index contributed by atoms with van der Waals surface area (Å²) in [6.07, 6.45) is 15.4. The van der Waals surface area contributed by atoms with Gasteiger partial charge in [-0.25, -0.2) is 4.39 Å². The zero-order chi connectivity index (χ0) is 20.5. The fraction of sp³-hybridized carbons (Fsp3) is 0.571. The van der Waals surface area contributed by atoms with Crippen LogP contribution < -0.4 is 0 Å². The molecule has 0 aromatic heterocycles. The molecule has 0 amide bonds. The topological polar surface area (TPSA) is 0 Å². The summed E-state index contributed by atoms with van der Waals surface area (Å²) in [6.45, 7) is 4.53. The molecule has 0 spiro atoms. The summed E-state index contributed by atoms with van der Waals surface area (Å²) < 4.78 is 14.8. The van der Waals surface area contributed by atoms with Crippen LogP contribution in [0.4, 0.5) is 4.39 Å². The van der Waals surface area contributed by atoms with E-state index < -0.39 is 0 Å². The van der Waals surface area contributed by atoms with Crippen molar-refractivity contribution in [3.05, 3.63) is 59.4 Å². The summed E-state index contributed by atoms with van der Waals surface area (Å²) in [7, 11) is 0. The summed E-state index contributed by atoms with van der Waals surface area (Å²) >= 11 is 0. The van der Waals surface area contributed by atoms with Crippen LogP contribution in [-0.2, 0) is 12.8 Å². The number of aryl methyl sites for hydroxylation is 2. The van der Waals surface area contributed by atoms with Gasteiger partial charge in [0.1, 0.15) is 5.82 Å². The number of hydrogen-bond donors (Lipinski definition) is 0. The van der Waals surface area contributed by atoms with Crippen molar-refractivity contribution in [1.29, 1.82) is 0 Å². The van der Waals surface area contributed by atoms with Crippen molar-refractivity contribution in [2.75, 3.05) is 0 Å². The molecule has 0 heterocycles. The maximum absolute atomic E-state index is 14.8. The molecule has 1 saturated carbocycles. The predicted molar refractivity (Wildman–Crippen MR) is 124 cm³/mol. The van der Waals surface area contributed by atoms with E-state index in [0.717, 1.165) is 41.4 Å². The molecule has 0 N–H and O–H groups in total. The molecular formula is C28H39F. The average molecular weight is 395 g/mol. The van der Waals surface area contributed by atoms with E-state index in [1.165, 1.54) is 69.8 Å². The van der Waals surface area contributed by atoms with Gasteiger partial charge in [0.15, 0.2) is 0 Å². The van der Waals surface area contributed by atoms with Gasteiger partial charge in [0.25, 0.3) is 0 Å². The largest absolute Gasteiger partial charge is 0.206 e. The van der Waals surface area contributed by atoms with Crippen LogP contribution >= 0.6 is 0 Å². The van der Waals surface area contributed by atoms with Gasteiger partial charge in [-0.1, -0.05) is 102 Å². The second-order valence-corrected chi connectivity index (χ2v) is 9.18. The Balaban J connectivity index is 1.52. The lowest BCUT2D eigenvalue weighted by Gasteiger charge is -2.28. The van der Waals surface area contributed by atoms with Crippen LogP contribution in [0, 0.1) is 17.7 Å². The first-order valence-corrected chi connectivity index (χ1v) is 12.1. The predicted octanol–water partition coefficient (Wildman–Crippen LogP) is 8.76. The van der Waals surface area contributed by atoms with Gasteiger partial charge in [-0.2, -0.15) is 0 Å². The van der Waals surface area contributed by atoms with E-state index >= 15 is 0 Å². The van der Waals surface area contributed by atoms with E-state index in [4.69, 9.17) is 0 Å². The van der Waals surface area contributed by atoms with E-state index in [1.807, 2.05) is 6.07 Å². The molecule has 1 fully saturated rings. The Morgan fingerprint density at radius 2 is 1.38 bits per heavy atom. The minimum Gasteiger partial charge on any atom is -0.206 e. The van der Waals surface area contributed by atoms with Crippen molar-refractivity contribution in [1.82, 2.24) is 0 Å². The van der Waals surface area contributed by atoms with Gasteiger partial charge in [-0.3, -0.25) is 0 Å². The first-order chi connectivity index (χ1) is 14.2. The van der Waals surface area contributed by atoms with Gasteiger partial charge in [0, 0.05) is 5.56 Å². The van der Waals surface area contributed by atoms with Crippen LogP contribution in [0.25, 0.3) is 11.1 Å². The molecule has 0 saturated heterocycles. The Morgan fingerprint density at radius 1 is 0.724 bits per heavy atom. The van der Waals surface area contributed by atoms with Gasteiger partial charge in [-0.15, -0.1) is 0 Å². The fourth-order valence-electron chi connectivity index (χ4n) is 4.97. The molecule has 0 atom stereocenters. The molecule has 0 bridgehead atoms. The number of halogens is 1. The molecule has 29 heavy (non-hydrogen) atoms. The summed E-state index contributed by atoms with van der Waals surface area (Å²) in [5, 5.41) is 0. The van der Waals surface area contributed by atoms with Crippen LogP contribution in [0.2, 0.25) is 0 Å². The van der Waals surface area contributed by atoms with Crippen molar-refractivity contribution in [2.45, 2.75) is 90.9 Å². The average Bonchev–Trinajstić information content (AvgIpc) is 2.74. The molecule has 0 radical (unpaired) electrons. The second kappa shape index (κ2) is 11.5. The third kappa shape index (κ3) is 6.69. The van der Waals surface area contributed by atoms with Crippen LogP contribution in [-0.4, -0.2) is 0 Å². The SMILES string of the molecule is CCCCCc1ccc(-c2ccc(CCC3CCC(CCC)CC3)cc2F)cc1. The minimum atomic E-state index is -0.0760. The van der Waals surface area contributed by atoms with Crippen molar-refractivity contribution in [3.8, 4) is 11.1 Å². The van der Waals surface area contributed by atoms with Gasteiger partial charge in [0.2, 0.25) is 0 Å². The third-order valence-electron chi connectivity index (χ3n) is 6.87. The zero-order valence-corrected chi connectivity index (χ0v) is 18.6. The van der Waals surface area contributed by atoms with Crippen LogP contribution in [0.15, 0.2) is 42.5 Å². The highest BCUT2D eigenvalue weighted by molar-refractivity contribution is 5.64. The molecule has 3 rings (SSSR count). The van der Waals surface area contributed by atoms with Crippen molar-refractivity contribution in [3.63, 3.8) is 0 Å². The molecule has 1 aliphatic carbocycles. The summed E-state index contributed by atoms with van der Waals surface area (Å²) in [5.41, 5.74) is 4.22. The van der Waals surface area contributed by atoms with Gasteiger partial charge >= 0.3 is 0 Å². The Labute approximate surface area is 177 Å². The van der Waals surface area contributed by atoms with E-state index in [9.17, 15) is 4.39 Å². The lowest BCUT2D eigenvalue weighted by molar-refractivity contribution is 0.252. The number of benzene rings is 2. The summed E-state index contributed by atoms with van der Waals surface area (Å²) in [4.78, 5) is 0. The van der Waals surface area contributed by atoms with E-state index in [-0.39, 0.29) is 5.82 Å². The molecule has 0 aliphatic heterocycles. The van der Waals surface area contributed by atoms with Crippen molar-refractivity contribution < 1.29 is 4.39 Å². The Kier molecular flexibility index (Phi) is 8.77. The maximum atomic E-state index is 14.8. The summed E-state index contributed by atoms with van der Waals surface area (Å²) in [6, 6.07) is 14.4. The zero-order valence-electron chi connectivity index (χ0n) is 18.6. The molecule has 0 nitrogen and oxygen atoms in total. The normalized spacial score (nSPS) is 19.4. The van der Waals surface area contributed by atoms with Gasteiger partial charge in [0.05, 0.1) is 0 Å². The van der Waals surface area contributed by atoms with Crippen LogP contribution in [0.3, 0.4) is 0 Å². The van der Waals surface area contributed by atoms with Crippen molar-refractivity contribution in [2.24, 2.45) is 11.8 Å². The fourth-order valence-corrected chi connectivity index (χ4v) is 4.97. The molecule has 158 valence electrons. The second-order valence-electron chi connectivity index (χ2n) is 9.18. The maximum Gasteiger partial charge on any atom is 0.131 e. The van der Waals surface area contributed by atoms with Gasteiger partial charge in [-0.05, 0) is 60.3 Å². The number of unbranched alkanes of at least 4 members (excludes halogenated alkanes) is 2. The summed E-state index contributed by atoms with van der Waals surface area (Å²) in [5.74, 6) is 1.73. The number of hydrogen-bond acceptors (Lipinski definition) is 0. The smallest absolute Gasteiger partial charge is 0.131 e. The lowest BCUT2D eigenvalue weighted by Crippen LogP contribution is -2.15. The molecule has 2 aromatic rings. The Bertz CT molecular complexity index is 722. The first kappa shape index (κ1) is 22.1. The monoisotopic (exact) mass is 394 g/mol. The highest BCUT2D eigenvalue weighted by Gasteiger charge is 2.20. The first-order valence-electron chi connectivity index (χ1n) is 12.1. The quantitative estimate of drug-likeness (QED) is 0.353. The highest BCUT2D eigenvalue weighted by Crippen LogP contribution is 2.34. The molecule has 0 unspecified atom stereocenters.